The van der Waals surface area contributed by atoms with E-state index in [9.17, 15) is 9.59 Å². The lowest BCUT2D eigenvalue weighted by Crippen LogP contribution is -2.32. The topological polar surface area (TPSA) is 84.0 Å². The second-order valence-corrected chi connectivity index (χ2v) is 5.98. The number of aromatic nitrogens is 2. The molecule has 6 heteroatoms. The summed E-state index contributed by atoms with van der Waals surface area (Å²) >= 11 is 0. The third-order valence-corrected chi connectivity index (χ3v) is 4.10. The summed E-state index contributed by atoms with van der Waals surface area (Å²) in [6.07, 6.45) is 6.01. The first-order valence-corrected chi connectivity index (χ1v) is 8.14. The molecule has 1 heterocycles. The summed E-state index contributed by atoms with van der Waals surface area (Å²) in [5.41, 5.74) is 1.53. The first kappa shape index (κ1) is 16.1. The molecule has 0 unspecified atom stereocenters. The van der Waals surface area contributed by atoms with Crippen molar-refractivity contribution in [3.05, 3.63) is 53.6 Å². The Morgan fingerprint density at radius 2 is 1.75 bits per heavy atom. The van der Waals surface area contributed by atoms with Crippen LogP contribution >= 0.6 is 0 Å². The standard InChI is InChI=1S/C18H20N4O2/c1-12-19-11-10-16(20-12)18(24)22-15-8-6-13(7-9-15)17(23)21-14-4-2-3-5-14/h6-11,14H,2-5H2,1H3,(H,21,23)(H,22,24). The zero-order valence-electron chi connectivity index (χ0n) is 13.6. The number of benzene rings is 1. The van der Waals surface area contributed by atoms with Gasteiger partial charge in [-0.15, -0.1) is 0 Å². The zero-order chi connectivity index (χ0) is 16.9. The van der Waals surface area contributed by atoms with Crippen LogP contribution in [0.1, 0.15) is 52.4 Å². The molecule has 2 amide bonds. The summed E-state index contributed by atoms with van der Waals surface area (Å²) in [4.78, 5) is 32.4. The molecule has 24 heavy (non-hydrogen) atoms. The van der Waals surface area contributed by atoms with E-state index >= 15 is 0 Å². The number of nitrogens with one attached hydrogen (secondary N) is 2. The maximum atomic E-state index is 12.2. The van der Waals surface area contributed by atoms with Gasteiger partial charge in [-0.2, -0.15) is 0 Å². The minimum Gasteiger partial charge on any atom is -0.349 e. The maximum Gasteiger partial charge on any atom is 0.274 e. The number of amides is 2. The Morgan fingerprint density at radius 3 is 2.42 bits per heavy atom. The van der Waals surface area contributed by atoms with Gasteiger partial charge in [0.05, 0.1) is 0 Å². The number of hydrogen-bond acceptors (Lipinski definition) is 4. The van der Waals surface area contributed by atoms with Gasteiger partial charge < -0.3 is 10.6 Å². The predicted octanol–water partition coefficient (Wildman–Crippen LogP) is 2.71. The molecule has 1 aromatic heterocycles. The van der Waals surface area contributed by atoms with Crippen molar-refractivity contribution in [1.82, 2.24) is 15.3 Å². The Hall–Kier alpha value is -2.76. The smallest absolute Gasteiger partial charge is 0.274 e. The van der Waals surface area contributed by atoms with Crippen molar-refractivity contribution >= 4 is 17.5 Å². The average Bonchev–Trinajstić information content (AvgIpc) is 3.08. The molecule has 6 nitrogen and oxygen atoms in total. The Labute approximate surface area is 140 Å². The summed E-state index contributed by atoms with van der Waals surface area (Å²) in [6, 6.07) is 8.71. The van der Waals surface area contributed by atoms with Crippen LogP contribution in [0.15, 0.2) is 36.5 Å². The van der Waals surface area contributed by atoms with Gasteiger partial charge in [-0.3, -0.25) is 9.59 Å². The molecule has 3 rings (SSSR count). The monoisotopic (exact) mass is 324 g/mol. The normalized spacial score (nSPS) is 14.4. The first-order valence-electron chi connectivity index (χ1n) is 8.14. The average molecular weight is 324 g/mol. The maximum absolute atomic E-state index is 12.2. The third kappa shape index (κ3) is 3.95. The van der Waals surface area contributed by atoms with E-state index in [-0.39, 0.29) is 17.9 Å². The van der Waals surface area contributed by atoms with Gasteiger partial charge in [0, 0.05) is 23.5 Å². The fourth-order valence-electron chi connectivity index (χ4n) is 2.82. The molecule has 124 valence electrons. The van der Waals surface area contributed by atoms with Crippen LogP contribution in [0.25, 0.3) is 0 Å². The molecule has 1 fully saturated rings. The van der Waals surface area contributed by atoms with Gasteiger partial charge in [0.15, 0.2) is 0 Å². The van der Waals surface area contributed by atoms with E-state index in [4.69, 9.17) is 0 Å². The Balaban J connectivity index is 1.61. The minimum atomic E-state index is -0.302. The van der Waals surface area contributed by atoms with Crippen molar-refractivity contribution in [3.63, 3.8) is 0 Å². The molecule has 1 aromatic carbocycles. The van der Waals surface area contributed by atoms with Gasteiger partial charge >= 0.3 is 0 Å². The van der Waals surface area contributed by atoms with Crippen LogP contribution in [-0.2, 0) is 0 Å². The van der Waals surface area contributed by atoms with Crippen molar-refractivity contribution in [3.8, 4) is 0 Å². The molecule has 0 spiro atoms. The number of carbonyl (C=O) groups excluding carboxylic acids is 2. The quantitative estimate of drug-likeness (QED) is 0.905. The Kier molecular flexibility index (Phi) is 4.84. The molecule has 2 N–H and O–H groups in total. The molecule has 0 bridgehead atoms. The van der Waals surface area contributed by atoms with Crippen LogP contribution in [0.5, 0.6) is 0 Å². The van der Waals surface area contributed by atoms with Crippen LogP contribution < -0.4 is 10.6 Å². The van der Waals surface area contributed by atoms with E-state index in [0.717, 1.165) is 12.8 Å². The molecule has 2 aromatic rings. The van der Waals surface area contributed by atoms with Crippen molar-refractivity contribution < 1.29 is 9.59 Å². The highest BCUT2D eigenvalue weighted by Crippen LogP contribution is 2.18. The van der Waals surface area contributed by atoms with Crippen LogP contribution in [0.3, 0.4) is 0 Å². The van der Waals surface area contributed by atoms with Crippen LogP contribution in [0.2, 0.25) is 0 Å². The van der Waals surface area contributed by atoms with E-state index in [1.54, 1.807) is 43.5 Å². The highest BCUT2D eigenvalue weighted by molar-refractivity contribution is 6.03. The van der Waals surface area contributed by atoms with Crippen LogP contribution in [0, 0.1) is 6.92 Å². The van der Waals surface area contributed by atoms with Crippen molar-refractivity contribution in [2.24, 2.45) is 0 Å². The van der Waals surface area contributed by atoms with E-state index in [1.165, 1.54) is 12.8 Å². The molecule has 0 radical (unpaired) electrons. The fourth-order valence-corrected chi connectivity index (χ4v) is 2.82. The molecule has 1 aliphatic carbocycles. The number of nitrogens with zero attached hydrogens (tertiary/aromatic N) is 2. The second-order valence-electron chi connectivity index (χ2n) is 5.98. The third-order valence-electron chi connectivity index (χ3n) is 4.10. The predicted molar refractivity (Wildman–Crippen MR) is 90.9 cm³/mol. The second kappa shape index (κ2) is 7.21. The fraction of sp³-hybridized carbons (Fsp3) is 0.333. The van der Waals surface area contributed by atoms with E-state index in [2.05, 4.69) is 20.6 Å². The number of rotatable bonds is 4. The van der Waals surface area contributed by atoms with E-state index < -0.39 is 0 Å². The number of aryl methyl sites for hydroxylation is 1. The van der Waals surface area contributed by atoms with Gasteiger partial charge in [0.2, 0.25) is 0 Å². The van der Waals surface area contributed by atoms with E-state index in [0.29, 0.717) is 22.8 Å². The lowest BCUT2D eigenvalue weighted by molar-refractivity contribution is 0.0937. The van der Waals surface area contributed by atoms with Crippen LogP contribution in [-0.4, -0.2) is 27.8 Å². The summed E-state index contributed by atoms with van der Waals surface area (Å²) in [7, 11) is 0. The SMILES string of the molecule is Cc1nccc(C(=O)Nc2ccc(C(=O)NC3CCCC3)cc2)n1. The summed E-state index contributed by atoms with van der Waals surface area (Å²) < 4.78 is 0. The van der Waals surface area contributed by atoms with Gasteiger partial charge in [-0.25, -0.2) is 9.97 Å². The van der Waals surface area contributed by atoms with Crippen LogP contribution in [0.4, 0.5) is 5.69 Å². The molecule has 0 aliphatic heterocycles. The molecular weight excluding hydrogens is 304 g/mol. The number of anilines is 1. The summed E-state index contributed by atoms with van der Waals surface area (Å²) in [5, 5.41) is 5.81. The summed E-state index contributed by atoms with van der Waals surface area (Å²) in [5.74, 6) is 0.177. The zero-order valence-corrected chi connectivity index (χ0v) is 13.6. The van der Waals surface area contributed by atoms with Crippen molar-refractivity contribution in [1.29, 1.82) is 0 Å². The Morgan fingerprint density at radius 1 is 1.04 bits per heavy atom. The van der Waals surface area contributed by atoms with Gasteiger partial charge in [-0.05, 0) is 50.1 Å². The van der Waals surface area contributed by atoms with E-state index in [1.807, 2.05) is 0 Å². The molecular formula is C18H20N4O2. The molecule has 0 saturated heterocycles. The number of carbonyl (C=O) groups is 2. The molecule has 1 saturated carbocycles. The molecule has 0 atom stereocenters. The van der Waals surface area contributed by atoms with Gasteiger partial charge in [-0.1, -0.05) is 12.8 Å². The minimum absolute atomic E-state index is 0.0637. The first-order chi connectivity index (χ1) is 11.6. The lowest BCUT2D eigenvalue weighted by Gasteiger charge is -2.12. The largest absolute Gasteiger partial charge is 0.349 e. The molecule has 1 aliphatic rings. The number of hydrogen-bond donors (Lipinski definition) is 2. The highest BCUT2D eigenvalue weighted by Gasteiger charge is 2.18. The van der Waals surface area contributed by atoms with Gasteiger partial charge in [0.25, 0.3) is 11.8 Å². The highest BCUT2D eigenvalue weighted by atomic mass is 16.2. The van der Waals surface area contributed by atoms with Crippen molar-refractivity contribution in [2.45, 2.75) is 38.6 Å². The lowest BCUT2D eigenvalue weighted by atomic mass is 10.1. The van der Waals surface area contributed by atoms with Crippen molar-refractivity contribution in [2.75, 3.05) is 5.32 Å². The summed E-state index contributed by atoms with van der Waals surface area (Å²) in [6.45, 7) is 1.73. The van der Waals surface area contributed by atoms with Gasteiger partial charge in [0.1, 0.15) is 11.5 Å². The Bertz CT molecular complexity index is 737.